The van der Waals surface area contributed by atoms with E-state index >= 15 is 0 Å². The minimum atomic E-state index is -1.36. The summed E-state index contributed by atoms with van der Waals surface area (Å²) in [6.07, 6.45) is 0. The Morgan fingerprint density at radius 3 is 2.53 bits per heavy atom. The lowest BCUT2D eigenvalue weighted by Crippen LogP contribution is -2.11. The number of carbonyl (C=O) groups excluding carboxylic acids is 1. The van der Waals surface area contributed by atoms with Gasteiger partial charge < -0.3 is 10.4 Å². The highest BCUT2D eigenvalue weighted by Crippen LogP contribution is 2.23. The first-order chi connectivity index (χ1) is 8.97. The molecule has 98 valence electrons. The van der Waals surface area contributed by atoms with Crippen LogP contribution in [0.25, 0.3) is 0 Å². The van der Waals surface area contributed by atoms with E-state index in [0.29, 0.717) is 9.21 Å². The molecule has 0 saturated heterocycles. The Kier molecular flexibility index (Phi) is 3.82. The Morgan fingerprint density at radius 1 is 1.26 bits per heavy atom. The first kappa shape index (κ1) is 13.5. The SMILES string of the molecule is O=C(Nc1ccc(C(=O)O)c(F)c1)c1ccc(Cl)s1. The van der Waals surface area contributed by atoms with Crippen LogP contribution in [0.3, 0.4) is 0 Å². The molecule has 0 saturated carbocycles. The summed E-state index contributed by atoms with van der Waals surface area (Å²) < 4.78 is 13.9. The van der Waals surface area contributed by atoms with Crippen molar-refractivity contribution in [2.24, 2.45) is 0 Å². The molecule has 1 amide bonds. The minimum Gasteiger partial charge on any atom is -0.478 e. The number of carboxylic acid groups (broad SMARTS) is 1. The highest BCUT2D eigenvalue weighted by Gasteiger charge is 2.13. The summed E-state index contributed by atoms with van der Waals surface area (Å²) in [6.45, 7) is 0. The van der Waals surface area contributed by atoms with Crippen LogP contribution in [0.2, 0.25) is 4.34 Å². The molecular weight excluding hydrogens is 293 g/mol. The quantitative estimate of drug-likeness (QED) is 0.911. The fraction of sp³-hybridized carbons (Fsp3) is 0. The number of aromatic carboxylic acids is 1. The maximum atomic E-state index is 13.4. The average molecular weight is 300 g/mol. The first-order valence-electron chi connectivity index (χ1n) is 5.07. The minimum absolute atomic E-state index is 0.178. The van der Waals surface area contributed by atoms with Crippen LogP contribution in [0.1, 0.15) is 20.0 Å². The maximum absolute atomic E-state index is 13.4. The van der Waals surface area contributed by atoms with Crippen molar-refractivity contribution in [1.29, 1.82) is 0 Å². The Labute approximate surface area is 116 Å². The van der Waals surface area contributed by atoms with Gasteiger partial charge in [0.1, 0.15) is 5.82 Å². The molecule has 0 spiro atoms. The molecule has 0 bridgehead atoms. The molecule has 0 aliphatic carbocycles. The molecule has 2 N–H and O–H groups in total. The molecule has 1 aromatic carbocycles. The van der Waals surface area contributed by atoms with Gasteiger partial charge in [-0.15, -0.1) is 11.3 Å². The molecule has 2 aromatic rings. The normalized spacial score (nSPS) is 10.2. The van der Waals surface area contributed by atoms with Gasteiger partial charge in [0.15, 0.2) is 0 Å². The summed E-state index contributed by atoms with van der Waals surface area (Å²) in [4.78, 5) is 22.8. The first-order valence-corrected chi connectivity index (χ1v) is 6.26. The number of hydrogen-bond acceptors (Lipinski definition) is 3. The number of carboxylic acids is 1. The molecule has 0 aliphatic heterocycles. The zero-order valence-electron chi connectivity index (χ0n) is 9.31. The number of rotatable bonds is 3. The van der Waals surface area contributed by atoms with Crippen LogP contribution < -0.4 is 5.32 Å². The van der Waals surface area contributed by atoms with Crippen LogP contribution in [0.4, 0.5) is 10.1 Å². The van der Waals surface area contributed by atoms with Gasteiger partial charge in [-0.25, -0.2) is 9.18 Å². The van der Waals surface area contributed by atoms with Crippen LogP contribution >= 0.6 is 22.9 Å². The number of nitrogens with one attached hydrogen (secondary N) is 1. The highest BCUT2D eigenvalue weighted by atomic mass is 35.5. The van der Waals surface area contributed by atoms with Crippen molar-refractivity contribution in [3.8, 4) is 0 Å². The van der Waals surface area contributed by atoms with Crippen molar-refractivity contribution in [3.05, 3.63) is 50.9 Å². The molecule has 1 heterocycles. The summed E-state index contributed by atoms with van der Waals surface area (Å²) in [5, 5.41) is 11.1. The maximum Gasteiger partial charge on any atom is 0.338 e. The van der Waals surface area contributed by atoms with E-state index in [0.717, 1.165) is 23.5 Å². The zero-order valence-corrected chi connectivity index (χ0v) is 10.9. The molecular formula is C12H7ClFNO3S. The summed E-state index contributed by atoms with van der Waals surface area (Å²) in [5.41, 5.74) is -0.269. The number of amides is 1. The van der Waals surface area contributed by atoms with Gasteiger partial charge in [0, 0.05) is 5.69 Å². The second-order valence-corrected chi connectivity index (χ2v) is 5.27. The van der Waals surface area contributed by atoms with Gasteiger partial charge in [-0.05, 0) is 30.3 Å². The van der Waals surface area contributed by atoms with Crippen LogP contribution in [-0.2, 0) is 0 Å². The lowest BCUT2D eigenvalue weighted by Gasteiger charge is -2.05. The molecule has 0 fully saturated rings. The van der Waals surface area contributed by atoms with Crippen LogP contribution in [-0.4, -0.2) is 17.0 Å². The summed E-state index contributed by atoms with van der Waals surface area (Å²) in [6, 6.07) is 6.49. The topological polar surface area (TPSA) is 66.4 Å². The van der Waals surface area contributed by atoms with Crippen molar-refractivity contribution in [2.75, 3.05) is 5.32 Å². The fourth-order valence-electron chi connectivity index (χ4n) is 1.40. The van der Waals surface area contributed by atoms with Crippen molar-refractivity contribution in [2.45, 2.75) is 0 Å². The Balaban J connectivity index is 2.18. The lowest BCUT2D eigenvalue weighted by atomic mass is 10.2. The standard InChI is InChI=1S/C12H7ClFNO3S/c13-10-4-3-9(19-10)11(16)15-6-1-2-7(12(17)18)8(14)5-6/h1-5H,(H,15,16)(H,17,18). The van der Waals surface area contributed by atoms with Gasteiger partial charge in [-0.2, -0.15) is 0 Å². The molecule has 4 nitrogen and oxygen atoms in total. The molecule has 19 heavy (non-hydrogen) atoms. The Hall–Kier alpha value is -1.92. The Morgan fingerprint density at radius 2 is 2.00 bits per heavy atom. The van der Waals surface area contributed by atoms with Crippen LogP contribution in [0.15, 0.2) is 30.3 Å². The van der Waals surface area contributed by atoms with Crippen molar-refractivity contribution in [3.63, 3.8) is 0 Å². The number of hydrogen-bond donors (Lipinski definition) is 2. The summed E-state index contributed by atoms with van der Waals surface area (Å²) in [7, 11) is 0. The van der Waals surface area contributed by atoms with E-state index < -0.39 is 23.3 Å². The van der Waals surface area contributed by atoms with Crippen LogP contribution in [0, 0.1) is 5.82 Å². The van der Waals surface area contributed by atoms with Crippen LogP contribution in [0.5, 0.6) is 0 Å². The van der Waals surface area contributed by atoms with E-state index in [2.05, 4.69) is 5.32 Å². The van der Waals surface area contributed by atoms with Gasteiger partial charge in [0.05, 0.1) is 14.8 Å². The average Bonchev–Trinajstić information content (AvgIpc) is 2.75. The third-order valence-corrected chi connectivity index (χ3v) is 3.48. The Bertz CT molecular complexity index is 656. The monoisotopic (exact) mass is 299 g/mol. The second-order valence-electron chi connectivity index (χ2n) is 3.56. The van der Waals surface area contributed by atoms with Gasteiger partial charge in [0.25, 0.3) is 5.91 Å². The molecule has 2 rings (SSSR count). The largest absolute Gasteiger partial charge is 0.478 e. The number of carbonyl (C=O) groups is 2. The third kappa shape index (κ3) is 3.10. The van der Waals surface area contributed by atoms with E-state index in [9.17, 15) is 14.0 Å². The summed E-state index contributed by atoms with van der Waals surface area (Å²) in [5.74, 6) is -2.70. The molecule has 0 aliphatic rings. The molecule has 0 radical (unpaired) electrons. The van der Waals surface area contributed by atoms with E-state index in [1.807, 2.05) is 0 Å². The van der Waals surface area contributed by atoms with E-state index in [-0.39, 0.29) is 5.69 Å². The fourth-order valence-corrected chi connectivity index (χ4v) is 2.33. The van der Waals surface area contributed by atoms with Gasteiger partial charge in [-0.1, -0.05) is 11.6 Å². The second kappa shape index (κ2) is 5.38. The number of thiophene rings is 1. The molecule has 1 aromatic heterocycles. The number of anilines is 1. The third-order valence-electron chi connectivity index (χ3n) is 2.25. The smallest absolute Gasteiger partial charge is 0.338 e. The van der Waals surface area contributed by atoms with Gasteiger partial charge >= 0.3 is 5.97 Å². The van der Waals surface area contributed by atoms with Crippen molar-refractivity contribution < 1.29 is 19.1 Å². The number of benzene rings is 1. The van der Waals surface area contributed by atoms with Crippen molar-refractivity contribution >= 4 is 40.5 Å². The lowest BCUT2D eigenvalue weighted by molar-refractivity contribution is 0.0692. The number of halogens is 2. The molecule has 7 heteroatoms. The van der Waals surface area contributed by atoms with E-state index in [1.54, 1.807) is 12.1 Å². The molecule has 0 unspecified atom stereocenters. The predicted octanol–water partition coefficient (Wildman–Crippen LogP) is 3.49. The van der Waals surface area contributed by atoms with E-state index in [4.69, 9.17) is 16.7 Å². The predicted molar refractivity (Wildman–Crippen MR) is 70.6 cm³/mol. The molecule has 0 atom stereocenters. The highest BCUT2D eigenvalue weighted by molar-refractivity contribution is 7.18. The summed E-state index contributed by atoms with van der Waals surface area (Å²) >= 11 is 6.79. The van der Waals surface area contributed by atoms with Gasteiger partial charge in [-0.3, -0.25) is 4.79 Å². The van der Waals surface area contributed by atoms with Crippen molar-refractivity contribution in [1.82, 2.24) is 0 Å². The zero-order chi connectivity index (χ0) is 14.0. The van der Waals surface area contributed by atoms with E-state index in [1.165, 1.54) is 6.07 Å². The van der Waals surface area contributed by atoms with Gasteiger partial charge in [0.2, 0.25) is 0 Å².